The van der Waals surface area contributed by atoms with Crippen molar-refractivity contribution in [3.63, 3.8) is 0 Å². The normalized spacial score (nSPS) is 21.5. The molecule has 3 amide bonds. The van der Waals surface area contributed by atoms with E-state index >= 15 is 0 Å². The molecule has 0 bridgehead atoms. The Morgan fingerprint density at radius 3 is 2.40 bits per heavy atom. The minimum absolute atomic E-state index is 0.147. The molecule has 4 heterocycles. The minimum atomic E-state index is -0.880. The highest BCUT2D eigenvalue weighted by atomic mass is 35.5. The molecule has 2 saturated heterocycles. The maximum absolute atomic E-state index is 14.1. The second-order valence-corrected chi connectivity index (χ2v) is 13.4. The molecule has 13 heteroatoms. The van der Waals surface area contributed by atoms with Gasteiger partial charge in [0, 0.05) is 23.9 Å². The fraction of sp³-hybridized carbons (Fsp3) is 0.367. The van der Waals surface area contributed by atoms with Gasteiger partial charge in [-0.15, -0.1) is 0 Å². The first kappa shape index (κ1) is 29.9. The van der Waals surface area contributed by atoms with Gasteiger partial charge in [0.1, 0.15) is 11.8 Å². The highest BCUT2D eigenvalue weighted by Crippen LogP contribution is 2.55. The summed E-state index contributed by atoms with van der Waals surface area (Å²) in [5.41, 5.74) is 1.14. The lowest BCUT2D eigenvalue weighted by molar-refractivity contribution is -0.133. The fourth-order valence-corrected chi connectivity index (χ4v) is 9.13. The molecule has 43 heavy (non-hydrogen) atoms. The Hall–Kier alpha value is -3.12. The summed E-state index contributed by atoms with van der Waals surface area (Å²) in [6.45, 7) is 3.07. The Labute approximate surface area is 265 Å². The number of hydrogen-bond acceptors (Lipinski definition) is 8. The van der Waals surface area contributed by atoms with E-state index in [1.807, 2.05) is 0 Å². The molecule has 3 aliphatic rings. The number of piperidine rings is 1. The zero-order valence-corrected chi connectivity index (χ0v) is 26.2. The molecule has 2 fully saturated rings. The van der Waals surface area contributed by atoms with Gasteiger partial charge in [-0.3, -0.25) is 23.7 Å². The van der Waals surface area contributed by atoms with E-state index in [2.05, 4.69) is 0 Å². The van der Waals surface area contributed by atoms with Crippen molar-refractivity contribution in [3.05, 3.63) is 78.2 Å². The first-order valence-electron chi connectivity index (χ1n) is 14.0. The van der Waals surface area contributed by atoms with Crippen molar-refractivity contribution in [2.24, 2.45) is 5.92 Å². The monoisotopic (exact) mass is 659 g/mol. The van der Waals surface area contributed by atoms with Crippen LogP contribution in [0.3, 0.4) is 0 Å². The number of likely N-dealkylation sites (tertiary alicyclic amines) is 1. The number of amides is 3. The first-order valence-corrected chi connectivity index (χ1v) is 16.4. The summed E-state index contributed by atoms with van der Waals surface area (Å²) in [6, 6.07) is 11.2. The number of benzene rings is 2. The third-order valence-corrected chi connectivity index (χ3v) is 11.4. The van der Waals surface area contributed by atoms with Crippen molar-refractivity contribution >= 4 is 75.7 Å². The summed E-state index contributed by atoms with van der Waals surface area (Å²) in [5.74, 6) is -3.18. The van der Waals surface area contributed by atoms with E-state index in [0.717, 1.165) is 47.3 Å². The Balaban J connectivity index is 1.41. The van der Waals surface area contributed by atoms with E-state index in [-0.39, 0.29) is 34.0 Å². The lowest BCUT2D eigenvalue weighted by Gasteiger charge is -2.31. The Kier molecular flexibility index (Phi) is 8.43. The average Bonchev–Trinajstić information content (AvgIpc) is 3.45. The van der Waals surface area contributed by atoms with Crippen LogP contribution in [-0.4, -0.2) is 58.1 Å². The lowest BCUT2D eigenvalue weighted by atomic mass is 9.83. The topological polar surface area (TPSA) is 106 Å². The van der Waals surface area contributed by atoms with Crippen molar-refractivity contribution in [3.8, 4) is 0 Å². The summed E-state index contributed by atoms with van der Waals surface area (Å²) in [7, 11) is 0. The molecule has 9 nitrogen and oxygen atoms in total. The second-order valence-electron chi connectivity index (χ2n) is 10.5. The standard InChI is InChI=1S/C30H27Cl2N3O6S2/c1-2-41-29(39)16-9-11-17(12-10-16)35-26(37)22-21(18-7-6-8-19(31)23(18)32)25-28(42-24(22)27(35)38)34(30(40)43-25)15-20(36)33-13-4-3-5-14-33/h6-12,21-22,24H,2-5,13-15H2,1H3/t21-,22-,24+/m0/s1. The number of carbonyl (C=O) groups excluding carboxylic acids is 4. The van der Waals surface area contributed by atoms with Crippen LogP contribution in [0.15, 0.2) is 52.3 Å². The van der Waals surface area contributed by atoms with Crippen LogP contribution in [0.25, 0.3) is 0 Å². The van der Waals surface area contributed by atoms with Crippen molar-refractivity contribution in [2.75, 3.05) is 24.6 Å². The van der Waals surface area contributed by atoms with E-state index < -0.39 is 34.9 Å². The predicted octanol–water partition coefficient (Wildman–Crippen LogP) is 5.20. The third kappa shape index (κ3) is 5.30. The molecular formula is C30H27Cl2N3O6S2. The van der Waals surface area contributed by atoms with Crippen LogP contribution in [0.1, 0.15) is 52.9 Å². The molecule has 0 N–H and O–H groups in total. The molecule has 1 aromatic heterocycles. The number of esters is 1. The molecule has 0 spiro atoms. The number of anilines is 1. The number of imide groups is 1. The van der Waals surface area contributed by atoms with Crippen LogP contribution < -0.4 is 9.77 Å². The van der Waals surface area contributed by atoms with Gasteiger partial charge in [0.15, 0.2) is 0 Å². The van der Waals surface area contributed by atoms with E-state index in [1.165, 1.54) is 28.8 Å². The maximum Gasteiger partial charge on any atom is 0.338 e. The number of nitrogens with zero attached hydrogens (tertiary/aromatic N) is 3. The molecule has 0 radical (unpaired) electrons. The van der Waals surface area contributed by atoms with E-state index in [4.69, 9.17) is 27.9 Å². The SMILES string of the molecule is CCOC(=O)c1ccc(N2C(=O)[C@H]3[C@H](c4cccc(Cl)c4Cl)c4sc(=O)n(CC(=O)N5CCCCC5)c4S[C@H]3C2=O)cc1. The van der Waals surface area contributed by atoms with Gasteiger partial charge in [-0.05, 0) is 62.1 Å². The number of halogens is 2. The van der Waals surface area contributed by atoms with Gasteiger partial charge in [-0.1, -0.05) is 58.4 Å². The number of hydrogen-bond donors (Lipinski definition) is 0. The third-order valence-electron chi connectivity index (χ3n) is 8.00. The summed E-state index contributed by atoms with van der Waals surface area (Å²) in [6.07, 6.45) is 2.91. The Morgan fingerprint density at radius 2 is 1.70 bits per heavy atom. The highest BCUT2D eigenvalue weighted by molar-refractivity contribution is 8.00. The molecule has 2 aromatic carbocycles. The van der Waals surface area contributed by atoms with Crippen molar-refractivity contribution in [1.29, 1.82) is 0 Å². The summed E-state index contributed by atoms with van der Waals surface area (Å²) < 4.78 is 6.47. The van der Waals surface area contributed by atoms with Crippen molar-refractivity contribution < 1.29 is 23.9 Å². The lowest BCUT2D eigenvalue weighted by Crippen LogP contribution is -2.39. The van der Waals surface area contributed by atoms with Gasteiger partial charge < -0.3 is 9.64 Å². The van der Waals surface area contributed by atoms with E-state index in [0.29, 0.717) is 39.8 Å². The number of rotatable bonds is 6. The van der Waals surface area contributed by atoms with Crippen LogP contribution in [-0.2, 0) is 25.7 Å². The van der Waals surface area contributed by atoms with Crippen molar-refractivity contribution in [1.82, 2.24) is 9.47 Å². The van der Waals surface area contributed by atoms with Gasteiger partial charge in [0.05, 0.1) is 38.8 Å². The fourth-order valence-electron chi connectivity index (χ4n) is 5.95. The maximum atomic E-state index is 14.1. The number of aromatic nitrogens is 1. The van der Waals surface area contributed by atoms with Gasteiger partial charge in [-0.25, -0.2) is 9.69 Å². The summed E-state index contributed by atoms with van der Waals surface area (Å²) in [5, 5.41) is 0.129. The number of ether oxygens (including phenoxy) is 1. The molecule has 3 aromatic rings. The van der Waals surface area contributed by atoms with Gasteiger partial charge >= 0.3 is 10.8 Å². The van der Waals surface area contributed by atoms with Crippen LogP contribution in [0.2, 0.25) is 10.0 Å². The van der Waals surface area contributed by atoms with Crippen LogP contribution in [0.5, 0.6) is 0 Å². The smallest absolute Gasteiger partial charge is 0.338 e. The predicted molar refractivity (Wildman–Crippen MR) is 165 cm³/mol. The Bertz CT molecular complexity index is 1680. The van der Waals surface area contributed by atoms with Crippen LogP contribution in [0.4, 0.5) is 5.69 Å². The molecule has 3 atom stereocenters. The largest absolute Gasteiger partial charge is 0.462 e. The molecule has 0 aliphatic carbocycles. The van der Waals surface area contributed by atoms with Crippen molar-refractivity contribution in [2.45, 2.75) is 48.9 Å². The second kappa shape index (κ2) is 12.1. The molecular weight excluding hydrogens is 633 g/mol. The van der Waals surface area contributed by atoms with Gasteiger partial charge in [0.2, 0.25) is 17.7 Å². The number of fused-ring (bicyclic) bond motifs is 2. The number of carbonyl (C=O) groups is 4. The number of thioether (sulfide) groups is 1. The van der Waals surface area contributed by atoms with Gasteiger partial charge in [0.25, 0.3) is 0 Å². The molecule has 0 saturated carbocycles. The highest BCUT2D eigenvalue weighted by Gasteiger charge is 2.57. The zero-order chi connectivity index (χ0) is 30.4. The number of thiazole rings is 1. The minimum Gasteiger partial charge on any atom is -0.462 e. The summed E-state index contributed by atoms with van der Waals surface area (Å²) >= 11 is 15.2. The average molecular weight is 661 g/mol. The van der Waals surface area contributed by atoms with E-state index in [1.54, 1.807) is 30.0 Å². The first-order chi connectivity index (χ1) is 20.7. The van der Waals surface area contributed by atoms with E-state index in [9.17, 15) is 24.0 Å². The van der Waals surface area contributed by atoms with Gasteiger partial charge in [-0.2, -0.15) is 0 Å². The summed E-state index contributed by atoms with van der Waals surface area (Å²) in [4.78, 5) is 70.0. The Morgan fingerprint density at radius 1 is 0.977 bits per heavy atom. The molecule has 224 valence electrons. The zero-order valence-electron chi connectivity index (χ0n) is 23.1. The molecule has 3 aliphatic heterocycles. The molecule has 6 rings (SSSR count). The quantitative estimate of drug-likeness (QED) is 0.264. The molecule has 0 unspecified atom stereocenters. The van der Waals surface area contributed by atoms with Crippen LogP contribution >= 0.6 is 46.3 Å². The van der Waals surface area contributed by atoms with Crippen LogP contribution in [0, 0.1) is 5.92 Å².